The highest BCUT2D eigenvalue weighted by molar-refractivity contribution is 5.72. The number of nitrogens with zero attached hydrogens (tertiary/aromatic N) is 4. The van der Waals surface area contributed by atoms with Crippen LogP contribution in [0.2, 0.25) is 0 Å². The summed E-state index contributed by atoms with van der Waals surface area (Å²) in [6.45, 7) is -0.200. The first-order valence-electron chi connectivity index (χ1n) is 5.41. The molecule has 0 aromatic carbocycles. The van der Waals surface area contributed by atoms with Gasteiger partial charge in [0.1, 0.15) is 18.2 Å². The van der Waals surface area contributed by atoms with Crippen molar-refractivity contribution >= 4 is 17.4 Å². The summed E-state index contributed by atoms with van der Waals surface area (Å²) in [5, 5.41) is 18.3. The zero-order valence-electron chi connectivity index (χ0n) is 9.06. The van der Waals surface area contributed by atoms with Crippen LogP contribution in [0.4, 0.5) is 0 Å². The number of fused-ring (bicyclic) bond motifs is 1. The third kappa shape index (κ3) is 1.81. The summed E-state index contributed by atoms with van der Waals surface area (Å²) in [5.74, 6) is 0.0688. The van der Waals surface area contributed by atoms with Crippen molar-refractivity contribution in [2.45, 2.75) is 12.5 Å². The Morgan fingerprint density at radius 3 is 3.24 bits per heavy atom. The van der Waals surface area contributed by atoms with Crippen LogP contribution in [-0.4, -0.2) is 42.4 Å². The van der Waals surface area contributed by atoms with Crippen LogP contribution in [-0.2, 0) is 0 Å². The topological polar surface area (TPSA) is 84.1 Å². The lowest BCUT2D eigenvalue weighted by molar-refractivity contribution is 0.0815. The second-order valence-corrected chi connectivity index (χ2v) is 4.15. The number of aromatic nitrogens is 4. The van der Waals surface area contributed by atoms with Gasteiger partial charge in [-0.25, -0.2) is 15.0 Å². The fourth-order valence-corrected chi connectivity index (χ4v) is 1.91. The Labute approximate surface area is 97.3 Å². The van der Waals surface area contributed by atoms with E-state index in [1.165, 1.54) is 6.33 Å². The molecule has 1 aliphatic rings. The molecule has 1 fully saturated rings. The van der Waals surface area contributed by atoms with Crippen LogP contribution >= 0.6 is 0 Å². The van der Waals surface area contributed by atoms with Crippen LogP contribution in [0, 0.1) is 5.92 Å². The molecule has 0 saturated heterocycles. The quantitative estimate of drug-likeness (QED) is 0.780. The van der Waals surface area contributed by atoms with Crippen molar-refractivity contribution in [1.29, 1.82) is 0 Å². The summed E-state index contributed by atoms with van der Waals surface area (Å²) < 4.78 is 1.82. The minimum absolute atomic E-state index is 0.0688. The molecule has 3 rings (SSSR count). The number of hydrogen-bond donors (Lipinski definition) is 2. The molecule has 2 atom stereocenters. The first-order chi connectivity index (χ1) is 8.29. The molecule has 0 bridgehead atoms. The van der Waals surface area contributed by atoms with E-state index in [-0.39, 0.29) is 12.5 Å². The lowest BCUT2D eigenvalue weighted by atomic mass is 10.2. The van der Waals surface area contributed by atoms with Gasteiger partial charge >= 0.3 is 0 Å². The van der Waals surface area contributed by atoms with E-state index >= 15 is 0 Å². The SMILES string of the molecule is OC[C@H](O)[C@@H]1C/C1=C\n1cnc2cncnc21. The van der Waals surface area contributed by atoms with E-state index < -0.39 is 6.10 Å². The van der Waals surface area contributed by atoms with E-state index in [0.29, 0.717) is 0 Å². The van der Waals surface area contributed by atoms with E-state index in [1.807, 2.05) is 10.8 Å². The summed E-state index contributed by atoms with van der Waals surface area (Å²) in [5.41, 5.74) is 2.59. The van der Waals surface area contributed by atoms with Crippen LogP contribution in [0.1, 0.15) is 6.42 Å². The molecule has 6 heteroatoms. The number of aliphatic hydroxyl groups excluding tert-OH is 2. The molecule has 2 aromatic rings. The summed E-state index contributed by atoms with van der Waals surface area (Å²) in [6.07, 6.45) is 6.87. The summed E-state index contributed by atoms with van der Waals surface area (Å²) in [6, 6.07) is 0. The first-order valence-corrected chi connectivity index (χ1v) is 5.41. The molecule has 0 aliphatic heterocycles. The molecule has 6 nitrogen and oxygen atoms in total. The van der Waals surface area contributed by atoms with Gasteiger partial charge in [0, 0.05) is 12.1 Å². The molecular weight excluding hydrogens is 220 g/mol. The van der Waals surface area contributed by atoms with E-state index in [1.54, 1.807) is 12.5 Å². The number of rotatable bonds is 3. The molecule has 2 aromatic heterocycles. The fourth-order valence-electron chi connectivity index (χ4n) is 1.91. The van der Waals surface area contributed by atoms with Crippen molar-refractivity contribution in [2.24, 2.45) is 5.92 Å². The molecular formula is C11H12N4O2. The van der Waals surface area contributed by atoms with Gasteiger partial charge in [-0.15, -0.1) is 0 Å². The Bertz CT molecular complexity index is 578. The van der Waals surface area contributed by atoms with Gasteiger partial charge in [0.15, 0.2) is 5.65 Å². The van der Waals surface area contributed by atoms with Gasteiger partial charge in [0.2, 0.25) is 0 Å². The van der Waals surface area contributed by atoms with E-state index in [2.05, 4.69) is 15.0 Å². The summed E-state index contributed by atoms with van der Waals surface area (Å²) >= 11 is 0. The van der Waals surface area contributed by atoms with Gasteiger partial charge in [-0.1, -0.05) is 0 Å². The Balaban J connectivity index is 1.89. The summed E-state index contributed by atoms with van der Waals surface area (Å²) in [4.78, 5) is 12.2. The van der Waals surface area contributed by atoms with Crippen molar-refractivity contribution in [3.05, 3.63) is 24.4 Å². The Kier molecular flexibility index (Phi) is 2.38. The van der Waals surface area contributed by atoms with Crippen molar-refractivity contribution in [3.63, 3.8) is 0 Å². The van der Waals surface area contributed by atoms with Gasteiger partial charge in [-0.05, 0) is 12.0 Å². The second kappa shape index (κ2) is 3.90. The third-order valence-corrected chi connectivity index (χ3v) is 2.97. The van der Waals surface area contributed by atoms with Gasteiger partial charge in [0.05, 0.1) is 18.9 Å². The predicted octanol–water partition coefficient (Wildman–Crippen LogP) is 0.0403. The van der Waals surface area contributed by atoms with Gasteiger partial charge in [0.25, 0.3) is 0 Å². The van der Waals surface area contributed by atoms with E-state index in [4.69, 9.17) is 5.11 Å². The smallest absolute Gasteiger partial charge is 0.167 e. The maximum atomic E-state index is 9.47. The lowest BCUT2D eigenvalue weighted by Gasteiger charge is -2.01. The van der Waals surface area contributed by atoms with Gasteiger partial charge in [-0.3, -0.25) is 4.57 Å². The summed E-state index contributed by atoms with van der Waals surface area (Å²) in [7, 11) is 0. The van der Waals surface area contributed by atoms with Crippen LogP contribution < -0.4 is 0 Å². The number of imidazole rings is 1. The Morgan fingerprint density at radius 1 is 1.53 bits per heavy atom. The molecule has 2 N–H and O–H groups in total. The number of aliphatic hydroxyl groups is 2. The maximum Gasteiger partial charge on any atom is 0.167 e. The highest BCUT2D eigenvalue weighted by Crippen LogP contribution is 2.41. The van der Waals surface area contributed by atoms with Crippen molar-refractivity contribution in [3.8, 4) is 0 Å². The molecule has 88 valence electrons. The highest BCUT2D eigenvalue weighted by Gasteiger charge is 2.36. The monoisotopic (exact) mass is 232 g/mol. The van der Waals surface area contributed by atoms with Crippen LogP contribution in [0.3, 0.4) is 0 Å². The molecule has 2 heterocycles. The molecule has 0 unspecified atom stereocenters. The second-order valence-electron chi connectivity index (χ2n) is 4.15. The minimum Gasteiger partial charge on any atom is -0.394 e. The zero-order chi connectivity index (χ0) is 11.8. The highest BCUT2D eigenvalue weighted by atomic mass is 16.3. The molecule has 0 spiro atoms. The molecule has 17 heavy (non-hydrogen) atoms. The van der Waals surface area contributed by atoms with Crippen molar-refractivity contribution in [1.82, 2.24) is 19.5 Å². The maximum absolute atomic E-state index is 9.47. The minimum atomic E-state index is -0.661. The molecule has 1 saturated carbocycles. The van der Waals surface area contributed by atoms with Crippen LogP contribution in [0.25, 0.3) is 17.4 Å². The van der Waals surface area contributed by atoms with Crippen LogP contribution in [0.5, 0.6) is 0 Å². The molecule has 0 amide bonds. The first kappa shape index (κ1) is 10.4. The van der Waals surface area contributed by atoms with E-state index in [0.717, 1.165) is 23.2 Å². The lowest BCUT2D eigenvalue weighted by Crippen LogP contribution is -2.14. The molecule has 1 aliphatic carbocycles. The average molecular weight is 232 g/mol. The Morgan fingerprint density at radius 2 is 2.41 bits per heavy atom. The van der Waals surface area contributed by atoms with Gasteiger partial charge in [-0.2, -0.15) is 0 Å². The Hall–Kier alpha value is -1.79. The largest absolute Gasteiger partial charge is 0.394 e. The van der Waals surface area contributed by atoms with Gasteiger partial charge < -0.3 is 10.2 Å². The molecule has 0 radical (unpaired) electrons. The van der Waals surface area contributed by atoms with Crippen molar-refractivity contribution < 1.29 is 10.2 Å². The van der Waals surface area contributed by atoms with Crippen LogP contribution in [0.15, 0.2) is 24.4 Å². The average Bonchev–Trinajstić information content (AvgIpc) is 3.02. The predicted molar refractivity (Wildman–Crippen MR) is 60.8 cm³/mol. The van der Waals surface area contributed by atoms with Crippen molar-refractivity contribution in [2.75, 3.05) is 6.61 Å². The standard InChI is InChI=1S/C11H12N4O2/c16-4-10(17)8-1-7(8)3-15-6-14-9-2-12-5-13-11(9)15/h2-3,5-6,8,10,16-17H,1,4H2/b7-3+/t8-,10+/m1/s1. The number of hydrogen-bond acceptors (Lipinski definition) is 5. The van der Waals surface area contributed by atoms with E-state index in [9.17, 15) is 5.11 Å². The third-order valence-electron chi connectivity index (χ3n) is 2.97. The zero-order valence-corrected chi connectivity index (χ0v) is 9.06. The normalized spacial score (nSPS) is 23.2. The fraction of sp³-hybridized carbons (Fsp3) is 0.364.